The molecule has 0 aromatic heterocycles. The number of hydrogen-bond donors (Lipinski definition) is 3. The molecule has 5 atom stereocenters. The summed E-state index contributed by atoms with van der Waals surface area (Å²) >= 11 is 0. The normalized spacial score (nSPS) is 18.3. The Morgan fingerprint density at radius 2 is 1.44 bits per heavy atom. The fraction of sp³-hybridized carbons (Fsp3) is 0.767. The Bertz CT molecular complexity index is 1110. The van der Waals surface area contributed by atoms with Gasteiger partial charge >= 0.3 is 13.8 Å². The van der Waals surface area contributed by atoms with Gasteiger partial charge in [0.1, 0.15) is 6.61 Å². The lowest BCUT2D eigenvalue weighted by atomic mass is 9.90. The van der Waals surface area contributed by atoms with Gasteiger partial charge in [0, 0.05) is 18.9 Å². The SMILES string of the molecule is CCCCCCCCCCCCCCCC/C=C/O[C@H](COC(=O)CCC/C=C\C[C@H]1C=CC(=O)[C@@H]1/C=C/[C@@H](O)CCCCC)COP(=O)(O)OCCN. The lowest BCUT2D eigenvalue weighted by Crippen LogP contribution is -2.25. The van der Waals surface area contributed by atoms with Gasteiger partial charge in [0.2, 0.25) is 0 Å². The molecule has 0 radical (unpaired) electrons. The third-order valence-corrected chi connectivity index (χ3v) is 10.6. The number of aliphatic hydroxyl groups is 1. The van der Waals surface area contributed by atoms with Crippen LogP contribution in [0.3, 0.4) is 0 Å². The van der Waals surface area contributed by atoms with Crippen LogP contribution in [0.2, 0.25) is 0 Å². The summed E-state index contributed by atoms with van der Waals surface area (Å²) in [5, 5.41) is 10.2. The second-order valence-electron chi connectivity index (χ2n) is 14.6. The van der Waals surface area contributed by atoms with E-state index in [-0.39, 0.29) is 50.4 Å². The maximum absolute atomic E-state index is 12.5. The molecule has 0 heterocycles. The van der Waals surface area contributed by atoms with E-state index < -0.39 is 26.0 Å². The van der Waals surface area contributed by atoms with Crippen molar-refractivity contribution in [3.05, 3.63) is 48.8 Å². The Morgan fingerprint density at radius 3 is 2.09 bits per heavy atom. The first-order chi connectivity index (χ1) is 26.2. The van der Waals surface area contributed by atoms with Gasteiger partial charge in [0.15, 0.2) is 11.9 Å². The number of esters is 1. The summed E-state index contributed by atoms with van der Waals surface area (Å²) in [6.45, 7) is 3.89. The van der Waals surface area contributed by atoms with E-state index in [2.05, 4.69) is 13.8 Å². The Hall–Kier alpha value is -2.07. The molecule has 1 unspecified atom stereocenters. The van der Waals surface area contributed by atoms with Crippen LogP contribution in [0.4, 0.5) is 0 Å². The first-order valence-corrected chi connectivity index (χ1v) is 22.7. The fourth-order valence-corrected chi connectivity index (χ4v) is 7.03. The average Bonchev–Trinajstić information content (AvgIpc) is 3.51. The number of nitrogens with two attached hydrogens (primary N) is 1. The molecule has 0 saturated heterocycles. The van der Waals surface area contributed by atoms with Crippen LogP contribution in [0.1, 0.15) is 162 Å². The number of carbonyl (C=O) groups excluding carboxylic acids is 2. The summed E-state index contributed by atoms with van der Waals surface area (Å²) in [4.78, 5) is 34.7. The number of ketones is 1. The Morgan fingerprint density at radius 1 is 0.833 bits per heavy atom. The van der Waals surface area contributed by atoms with Gasteiger partial charge in [-0.05, 0) is 56.6 Å². The van der Waals surface area contributed by atoms with E-state index in [1.807, 2.05) is 30.4 Å². The molecule has 312 valence electrons. The van der Waals surface area contributed by atoms with Crippen LogP contribution in [0, 0.1) is 11.8 Å². The zero-order valence-corrected chi connectivity index (χ0v) is 34.7. The zero-order valence-electron chi connectivity index (χ0n) is 33.8. The molecular formula is C43H76NO9P. The number of phosphoric ester groups is 1. The number of phosphoric acid groups is 1. The highest BCUT2D eigenvalue weighted by Gasteiger charge is 2.27. The summed E-state index contributed by atoms with van der Waals surface area (Å²) in [5.74, 6) is -0.538. The Kier molecular flexibility index (Phi) is 31.6. The quantitative estimate of drug-likeness (QED) is 0.0182. The second-order valence-corrected chi connectivity index (χ2v) is 16.0. The summed E-state index contributed by atoms with van der Waals surface area (Å²) in [5.41, 5.74) is 5.36. The average molecular weight is 782 g/mol. The molecule has 0 aliphatic heterocycles. The third kappa shape index (κ3) is 28.4. The van der Waals surface area contributed by atoms with Crippen LogP contribution < -0.4 is 5.73 Å². The van der Waals surface area contributed by atoms with E-state index in [0.717, 1.165) is 38.5 Å². The molecule has 0 amide bonds. The van der Waals surface area contributed by atoms with Crippen LogP contribution in [-0.2, 0) is 32.7 Å². The van der Waals surface area contributed by atoms with Gasteiger partial charge in [-0.2, -0.15) is 0 Å². The predicted octanol–water partition coefficient (Wildman–Crippen LogP) is 10.4. The maximum Gasteiger partial charge on any atom is 0.472 e. The zero-order chi connectivity index (χ0) is 39.5. The highest BCUT2D eigenvalue weighted by Crippen LogP contribution is 2.43. The van der Waals surface area contributed by atoms with Gasteiger partial charge in [-0.1, -0.05) is 147 Å². The molecule has 1 aliphatic rings. The van der Waals surface area contributed by atoms with Crippen molar-refractivity contribution in [1.29, 1.82) is 0 Å². The summed E-state index contributed by atoms with van der Waals surface area (Å²) in [7, 11) is -4.32. The lowest BCUT2D eigenvalue weighted by Gasteiger charge is -2.19. The van der Waals surface area contributed by atoms with E-state index in [9.17, 15) is 24.2 Å². The van der Waals surface area contributed by atoms with Crippen molar-refractivity contribution < 1.29 is 42.7 Å². The van der Waals surface area contributed by atoms with E-state index in [1.54, 1.807) is 18.4 Å². The Balaban J connectivity index is 2.34. The van der Waals surface area contributed by atoms with Gasteiger partial charge in [-0.3, -0.25) is 18.6 Å². The molecule has 10 nitrogen and oxygen atoms in total. The second kappa shape index (κ2) is 34.2. The number of allylic oxidation sites excluding steroid dienone is 6. The first-order valence-electron chi connectivity index (χ1n) is 21.2. The maximum atomic E-state index is 12.5. The number of aliphatic hydroxyl groups excluding tert-OH is 1. The number of hydrogen-bond acceptors (Lipinski definition) is 9. The number of ether oxygens (including phenoxy) is 2. The summed E-state index contributed by atoms with van der Waals surface area (Å²) in [6.07, 6.45) is 38.5. The molecule has 1 aliphatic carbocycles. The summed E-state index contributed by atoms with van der Waals surface area (Å²) in [6, 6.07) is 0. The lowest BCUT2D eigenvalue weighted by molar-refractivity contribution is -0.147. The van der Waals surface area contributed by atoms with Crippen LogP contribution in [0.5, 0.6) is 0 Å². The fourth-order valence-electron chi connectivity index (χ4n) is 6.26. The predicted molar refractivity (Wildman–Crippen MR) is 219 cm³/mol. The largest absolute Gasteiger partial charge is 0.492 e. The van der Waals surface area contributed by atoms with Crippen LogP contribution in [-0.4, -0.2) is 60.3 Å². The van der Waals surface area contributed by atoms with Crippen molar-refractivity contribution in [3.8, 4) is 0 Å². The molecule has 11 heteroatoms. The number of carbonyl (C=O) groups is 2. The first kappa shape index (κ1) is 49.9. The molecule has 54 heavy (non-hydrogen) atoms. The van der Waals surface area contributed by atoms with E-state index >= 15 is 0 Å². The highest BCUT2D eigenvalue weighted by molar-refractivity contribution is 7.47. The van der Waals surface area contributed by atoms with Crippen molar-refractivity contribution in [2.75, 3.05) is 26.4 Å². The minimum Gasteiger partial charge on any atom is -0.492 e. The molecule has 1 rings (SSSR count). The van der Waals surface area contributed by atoms with Gasteiger partial charge in [0.25, 0.3) is 0 Å². The third-order valence-electron chi connectivity index (χ3n) is 9.59. The van der Waals surface area contributed by atoms with E-state index in [0.29, 0.717) is 25.7 Å². The van der Waals surface area contributed by atoms with Gasteiger partial charge in [-0.15, -0.1) is 0 Å². The van der Waals surface area contributed by atoms with Crippen LogP contribution in [0.25, 0.3) is 0 Å². The minimum atomic E-state index is -4.32. The monoisotopic (exact) mass is 782 g/mol. The molecule has 4 N–H and O–H groups in total. The van der Waals surface area contributed by atoms with Crippen molar-refractivity contribution in [1.82, 2.24) is 0 Å². The molecule has 0 aromatic rings. The van der Waals surface area contributed by atoms with Crippen molar-refractivity contribution in [3.63, 3.8) is 0 Å². The van der Waals surface area contributed by atoms with Gasteiger partial charge < -0.3 is 25.2 Å². The number of rotatable bonds is 37. The van der Waals surface area contributed by atoms with Crippen LogP contribution >= 0.6 is 7.82 Å². The van der Waals surface area contributed by atoms with Crippen molar-refractivity contribution in [2.24, 2.45) is 17.6 Å². The van der Waals surface area contributed by atoms with Crippen molar-refractivity contribution >= 4 is 19.6 Å². The van der Waals surface area contributed by atoms with Gasteiger partial charge in [-0.25, -0.2) is 4.57 Å². The minimum absolute atomic E-state index is 0.0557. The molecular weight excluding hydrogens is 705 g/mol. The smallest absolute Gasteiger partial charge is 0.472 e. The van der Waals surface area contributed by atoms with Gasteiger partial charge in [0.05, 0.1) is 25.6 Å². The topological polar surface area (TPSA) is 155 Å². The van der Waals surface area contributed by atoms with Crippen molar-refractivity contribution in [2.45, 2.75) is 174 Å². The van der Waals surface area contributed by atoms with E-state index in [4.69, 9.17) is 24.3 Å². The molecule has 0 spiro atoms. The molecule has 0 fully saturated rings. The number of unbranched alkanes of at least 4 members (excludes halogenated alkanes) is 17. The standard InChI is InChI=1S/C43H76NO9P/c1-3-5-7-8-9-10-11-12-13-14-15-16-17-18-21-25-34-50-40(37-53-54(48,49)52-35-33-44)36-51-43(47)28-24-20-19-23-26-38-29-32-42(46)41(38)31-30-39(45)27-22-6-4-2/h19,23,25,29-32,34,38-41,45H,3-18,20-22,24,26-28,33,35-37,44H2,1-2H3,(H,48,49)/b23-19-,31-30+,34-25+/t38-,39-,40+,41+/m0/s1. The van der Waals surface area contributed by atoms with E-state index in [1.165, 1.54) is 77.0 Å². The highest BCUT2D eigenvalue weighted by atomic mass is 31.2. The summed E-state index contributed by atoms with van der Waals surface area (Å²) < 4.78 is 33.2. The van der Waals surface area contributed by atoms with Crippen LogP contribution in [0.15, 0.2) is 48.8 Å². The Labute approximate surface area is 328 Å². The molecule has 0 aromatic carbocycles. The molecule has 0 bridgehead atoms. The molecule has 0 saturated carbocycles.